The van der Waals surface area contributed by atoms with Crippen LogP contribution in [0.2, 0.25) is 0 Å². The van der Waals surface area contributed by atoms with E-state index in [9.17, 15) is 13.2 Å². The molecule has 0 radical (unpaired) electrons. The maximum Gasteiger partial charge on any atom is 0.264 e. The Hall–Kier alpha value is -4.45. The number of hydrazone groups is 1. The minimum Gasteiger partial charge on any atom is -0.494 e. The Morgan fingerprint density at radius 3 is 2.07 bits per heavy atom. The minimum absolute atomic E-state index is 0.0850. The highest BCUT2D eigenvalue weighted by molar-refractivity contribution is 7.92. The lowest BCUT2D eigenvalue weighted by atomic mass is 10.2. The van der Waals surface area contributed by atoms with Crippen LogP contribution in [0.25, 0.3) is 0 Å². The summed E-state index contributed by atoms with van der Waals surface area (Å²) < 4.78 is 55.7. The number of rotatable bonds is 15. The summed E-state index contributed by atoms with van der Waals surface area (Å²) in [4.78, 5) is 12.9. The molecule has 11 nitrogen and oxygen atoms in total. The number of sulfonamides is 1. The average Bonchev–Trinajstić information content (AvgIpc) is 2.97. The van der Waals surface area contributed by atoms with E-state index < -0.39 is 22.5 Å². The molecule has 1 amide bonds. The zero-order valence-corrected chi connectivity index (χ0v) is 24.6. The molecule has 3 aromatic carbocycles. The first-order valence-corrected chi connectivity index (χ1v) is 14.4. The summed E-state index contributed by atoms with van der Waals surface area (Å²) in [6.45, 7) is 6.43. The number of nitrogens with zero attached hydrogens (tertiary/aromatic N) is 2. The second-order valence-corrected chi connectivity index (χ2v) is 10.2. The monoisotopic (exact) mass is 585 g/mol. The molecule has 0 saturated heterocycles. The van der Waals surface area contributed by atoms with Gasteiger partial charge >= 0.3 is 0 Å². The second kappa shape index (κ2) is 14.8. The average molecular weight is 586 g/mol. The van der Waals surface area contributed by atoms with Crippen molar-refractivity contribution in [3.05, 3.63) is 66.2 Å². The number of amides is 1. The van der Waals surface area contributed by atoms with Gasteiger partial charge in [0.2, 0.25) is 0 Å². The molecule has 220 valence electrons. The zero-order chi connectivity index (χ0) is 29.8. The number of carbonyl (C=O) groups excluding carboxylic acids is 1. The predicted molar refractivity (Wildman–Crippen MR) is 156 cm³/mol. The largest absolute Gasteiger partial charge is 0.494 e. The van der Waals surface area contributed by atoms with Crippen LogP contribution in [0.5, 0.6) is 28.7 Å². The van der Waals surface area contributed by atoms with Gasteiger partial charge < -0.3 is 23.7 Å². The zero-order valence-electron chi connectivity index (χ0n) is 23.7. The maximum atomic E-state index is 13.8. The summed E-state index contributed by atoms with van der Waals surface area (Å²) in [6, 6.07) is 15.9. The molecule has 0 spiro atoms. The van der Waals surface area contributed by atoms with Gasteiger partial charge in [-0.2, -0.15) is 5.10 Å². The van der Waals surface area contributed by atoms with E-state index >= 15 is 0 Å². The predicted octanol–water partition coefficient (Wildman–Crippen LogP) is 4.25. The van der Waals surface area contributed by atoms with Crippen molar-refractivity contribution >= 4 is 27.8 Å². The van der Waals surface area contributed by atoms with E-state index in [0.717, 1.165) is 4.31 Å². The Balaban J connectivity index is 1.87. The molecular formula is C29H35N3O8S. The Morgan fingerprint density at radius 1 is 0.805 bits per heavy atom. The summed E-state index contributed by atoms with van der Waals surface area (Å²) in [6.07, 6.45) is 1.43. The molecule has 0 aliphatic heterocycles. The topological polar surface area (TPSA) is 125 Å². The molecule has 41 heavy (non-hydrogen) atoms. The molecule has 0 atom stereocenters. The van der Waals surface area contributed by atoms with Crippen molar-refractivity contribution in [2.24, 2.45) is 5.10 Å². The summed E-state index contributed by atoms with van der Waals surface area (Å²) in [7, 11) is -1.36. The molecule has 0 unspecified atom stereocenters. The van der Waals surface area contributed by atoms with Crippen molar-refractivity contribution in [1.82, 2.24) is 5.43 Å². The number of anilines is 1. The van der Waals surface area contributed by atoms with Crippen molar-refractivity contribution in [1.29, 1.82) is 0 Å². The van der Waals surface area contributed by atoms with Gasteiger partial charge in [-0.05, 0) is 80.9 Å². The lowest BCUT2D eigenvalue weighted by Crippen LogP contribution is -2.39. The Kier molecular flexibility index (Phi) is 11.2. The third kappa shape index (κ3) is 8.04. The Bertz CT molecular complexity index is 1440. The van der Waals surface area contributed by atoms with Crippen LogP contribution in [-0.4, -0.2) is 61.1 Å². The van der Waals surface area contributed by atoms with Gasteiger partial charge in [-0.15, -0.1) is 0 Å². The fourth-order valence-corrected chi connectivity index (χ4v) is 5.22. The molecule has 0 saturated carbocycles. The molecule has 0 aliphatic carbocycles. The van der Waals surface area contributed by atoms with Crippen LogP contribution < -0.4 is 33.4 Å². The number of ether oxygens (including phenoxy) is 5. The molecule has 1 N–H and O–H groups in total. The first kappa shape index (κ1) is 31.1. The van der Waals surface area contributed by atoms with Gasteiger partial charge in [-0.3, -0.25) is 9.10 Å². The molecule has 0 aromatic heterocycles. The second-order valence-electron chi connectivity index (χ2n) is 8.32. The lowest BCUT2D eigenvalue weighted by molar-refractivity contribution is -0.119. The van der Waals surface area contributed by atoms with Crippen molar-refractivity contribution in [2.75, 3.05) is 44.9 Å². The molecule has 3 aromatic rings. The highest BCUT2D eigenvalue weighted by atomic mass is 32.2. The lowest BCUT2D eigenvalue weighted by Gasteiger charge is -2.24. The van der Waals surface area contributed by atoms with Gasteiger partial charge in [-0.25, -0.2) is 13.8 Å². The van der Waals surface area contributed by atoms with Gasteiger partial charge in [0.1, 0.15) is 12.3 Å². The van der Waals surface area contributed by atoms with E-state index in [-0.39, 0.29) is 16.3 Å². The van der Waals surface area contributed by atoms with Gasteiger partial charge in [0.25, 0.3) is 15.9 Å². The number of hydrogen-bond acceptors (Lipinski definition) is 9. The summed E-state index contributed by atoms with van der Waals surface area (Å²) >= 11 is 0. The first-order chi connectivity index (χ1) is 19.8. The summed E-state index contributed by atoms with van der Waals surface area (Å²) in [5.41, 5.74) is 3.31. The first-order valence-electron chi connectivity index (χ1n) is 13.0. The van der Waals surface area contributed by atoms with Crippen molar-refractivity contribution in [3.8, 4) is 28.7 Å². The van der Waals surface area contributed by atoms with E-state index in [2.05, 4.69) is 10.5 Å². The summed E-state index contributed by atoms with van der Waals surface area (Å²) in [5, 5.41) is 4.01. The summed E-state index contributed by atoms with van der Waals surface area (Å²) in [5.74, 6) is 1.66. The van der Waals surface area contributed by atoms with E-state index in [1.54, 1.807) is 42.5 Å². The van der Waals surface area contributed by atoms with Gasteiger partial charge in [0, 0.05) is 6.07 Å². The Morgan fingerprint density at radius 2 is 1.44 bits per heavy atom. The molecule has 12 heteroatoms. The van der Waals surface area contributed by atoms with E-state index in [1.807, 2.05) is 20.8 Å². The molecule has 0 bridgehead atoms. The van der Waals surface area contributed by atoms with Crippen LogP contribution in [0, 0.1) is 0 Å². The number of carbonyl (C=O) groups is 1. The third-order valence-electron chi connectivity index (χ3n) is 5.64. The van der Waals surface area contributed by atoms with Crippen LogP contribution in [0.4, 0.5) is 5.69 Å². The standard InChI is InChI=1S/C29H35N3O8S/c1-6-38-23-12-10-22(11-13-23)32(41(34,35)24-14-16-25(36-4)27(18-24)37-5)20-29(33)31-30-19-21-9-15-26(39-7-2)28(17-21)40-8-3/h9-19H,6-8,20H2,1-5H3,(H,31,33)/b30-19-. The quantitative estimate of drug-likeness (QED) is 0.207. The number of nitrogens with one attached hydrogen (secondary N) is 1. The van der Waals surface area contributed by atoms with Crippen LogP contribution in [-0.2, 0) is 14.8 Å². The SMILES string of the molecule is CCOc1ccc(N(CC(=O)N/N=C\c2ccc(OCC)c(OCC)c2)S(=O)(=O)c2ccc(OC)c(OC)c2)cc1. The van der Waals surface area contributed by atoms with Crippen LogP contribution >= 0.6 is 0 Å². The van der Waals surface area contributed by atoms with E-state index in [4.69, 9.17) is 23.7 Å². The fourth-order valence-electron chi connectivity index (χ4n) is 3.79. The van der Waals surface area contributed by atoms with Gasteiger partial charge in [0.05, 0.1) is 50.8 Å². The van der Waals surface area contributed by atoms with Crippen molar-refractivity contribution < 1.29 is 36.9 Å². The van der Waals surface area contributed by atoms with Crippen LogP contribution in [0.3, 0.4) is 0 Å². The van der Waals surface area contributed by atoms with E-state index in [0.29, 0.717) is 48.4 Å². The smallest absolute Gasteiger partial charge is 0.264 e. The number of methoxy groups -OCH3 is 2. The molecule has 0 aliphatic rings. The van der Waals surface area contributed by atoms with Gasteiger partial charge in [-0.1, -0.05) is 0 Å². The van der Waals surface area contributed by atoms with Crippen LogP contribution in [0.1, 0.15) is 26.3 Å². The molecule has 0 fully saturated rings. The van der Waals surface area contributed by atoms with Crippen molar-refractivity contribution in [3.63, 3.8) is 0 Å². The fraction of sp³-hybridized carbons (Fsp3) is 0.310. The van der Waals surface area contributed by atoms with E-state index in [1.165, 1.54) is 38.6 Å². The number of hydrogen-bond donors (Lipinski definition) is 1. The Labute approximate surface area is 240 Å². The third-order valence-corrected chi connectivity index (χ3v) is 7.41. The molecular weight excluding hydrogens is 550 g/mol. The van der Waals surface area contributed by atoms with Crippen LogP contribution in [0.15, 0.2) is 70.7 Å². The van der Waals surface area contributed by atoms with Gasteiger partial charge in [0.15, 0.2) is 23.0 Å². The maximum absolute atomic E-state index is 13.8. The molecule has 3 rings (SSSR count). The molecule has 0 heterocycles. The minimum atomic E-state index is -4.22. The van der Waals surface area contributed by atoms with Crippen molar-refractivity contribution in [2.45, 2.75) is 25.7 Å². The normalized spacial score (nSPS) is 11.1. The number of benzene rings is 3. The highest BCUT2D eigenvalue weighted by Crippen LogP contribution is 2.33. The highest BCUT2D eigenvalue weighted by Gasteiger charge is 2.28.